The molecular weight excluding hydrogens is 456 g/mol. The van der Waals surface area contributed by atoms with Crippen LogP contribution in [0, 0.1) is 10.1 Å². The van der Waals surface area contributed by atoms with E-state index < -0.39 is 20.6 Å². The van der Waals surface area contributed by atoms with Crippen molar-refractivity contribution in [2.75, 3.05) is 17.3 Å². The van der Waals surface area contributed by atoms with Gasteiger partial charge in [-0.3, -0.25) is 20.3 Å². The van der Waals surface area contributed by atoms with Crippen molar-refractivity contribution in [1.82, 2.24) is 0 Å². The summed E-state index contributed by atoms with van der Waals surface area (Å²) in [6.45, 7) is 1.72. The van der Waals surface area contributed by atoms with Crippen LogP contribution >= 0.6 is 11.6 Å². The Morgan fingerprint density at radius 1 is 1.06 bits per heavy atom. The van der Waals surface area contributed by atoms with Crippen LogP contribution < -0.4 is 14.9 Å². The van der Waals surface area contributed by atoms with Crippen LogP contribution in [0.2, 0.25) is 5.02 Å². The van der Waals surface area contributed by atoms with E-state index in [0.29, 0.717) is 22.2 Å². The highest BCUT2D eigenvalue weighted by Gasteiger charge is 2.21. The first-order valence-electron chi connectivity index (χ1n) is 9.21. The number of ether oxygens (including phenoxy) is 1. The Morgan fingerprint density at radius 2 is 1.72 bits per heavy atom. The van der Waals surface area contributed by atoms with Crippen LogP contribution in [0.3, 0.4) is 0 Å². The number of nitro benzene ring substituents is 1. The van der Waals surface area contributed by atoms with Gasteiger partial charge in [-0.25, -0.2) is 8.42 Å². The first-order valence-corrected chi connectivity index (χ1v) is 11.1. The highest BCUT2D eigenvalue weighted by atomic mass is 35.5. The number of sulfonamides is 1. The Morgan fingerprint density at radius 3 is 2.31 bits per heavy atom. The molecule has 0 bridgehead atoms. The largest absolute Gasteiger partial charge is 0.497 e. The van der Waals surface area contributed by atoms with E-state index in [9.17, 15) is 18.5 Å². The first-order chi connectivity index (χ1) is 15.2. The summed E-state index contributed by atoms with van der Waals surface area (Å²) in [5.41, 5.74) is 3.87. The van der Waals surface area contributed by atoms with E-state index in [1.807, 2.05) is 0 Å². The molecule has 0 spiro atoms. The quantitative estimate of drug-likeness (QED) is 0.272. The Kier molecular flexibility index (Phi) is 6.96. The van der Waals surface area contributed by atoms with Gasteiger partial charge in [-0.1, -0.05) is 23.7 Å². The molecule has 9 nitrogen and oxygen atoms in total. The molecular formula is C21H19ClN4O5S. The smallest absolute Gasteiger partial charge is 0.295 e. The molecule has 0 saturated carbocycles. The second-order valence-corrected chi connectivity index (χ2v) is 8.70. The average Bonchev–Trinajstić information content (AvgIpc) is 2.78. The molecule has 32 heavy (non-hydrogen) atoms. The van der Waals surface area contributed by atoms with Crippen LogP contribution in [0.4, 0.5) is 17.1 Å². The van der Waals surface area contributed by atoms with E-state index in [4.69, 9.17) is 16.3 Å². The van der Waals surface area contributed by atoms with Gasteiger partial charge in [0.2, 0.25) is 0 Å². The fraction of sp³-hybridized carbons (Fsp3) is 0.0952. The number of anilines is 2. The van der Waals surface area contributed by atoms with Gasteiger partial charge in [0.05, 0.1) is 22.6 Å². The zero-order chi connectivity index (χ0) is 23.3. The third kappa shape index (κ3) is 5.54. The van der Waals surface area contributed by atoms with Crippen LogP contribution in [-0.2, 0) is 10.0 Å². The van der Waals surface area contributed by atoms with E-state index in [2.05, 4.69) is 15.2 Å². The Labute approximate surface area is 189 Å². The fourth-order valence-corrected chi connectivity index (χ4v) is 3.90. The fourth-order valence-electron chi connectivity index (χ4n) is 2.70. The van der Waals surface area contributed by atoms with E-state index in [1.54, 1.807) is 43.3 Å². The number of hydrogen-bond donors (Lipinski definition) is 2. The number of hydrazone groups is 1. The normalized spacial score (nSPS) is 11.7. The van der Waals surface area contributed by atoms with Gasteiger partial charge in [0.1, 0.15) is 11.4 Å². The number of nitrogens with zero attached hydrogens (tertiary/aromatic N) is 2. The molecule has 0 atom stereocenters. The van der Waals surface area contributed by atoms with Crippen LogP contribution in [0.1, 0.15) is 12.5 Å². The van der Waals surface area contributed by atoms with Crippen molar-refractivity contribution in [3.05, 3.63) is 87.4 Å². The number of rotatable bonds is 8. The number of nitro groups is 1. The molecule has 166 valence electrons. The zero-order valence-corrected chi connectivity index (χ0v) is 18.6. The minimum absolute atomic E-state index is 0.0479. The second kappa shape index (κ2) is 9.67. The van der Waals surface area contributed by atoms with Gasteiger partial charge in [0.25, 0.3) is 15.7 Å². The summed E-state index contributed by atoms with van der Waals surface area (Å²) >= 11 is 5.87. The van der Waals surface area contributed by atoms with Crippen molar-refractivity contribution in [2.45, 2.75) is 11.8 Å². The number of halogens is 1. The van der Waals surface area contributed by atoms with Crippen LogP contribution in [-0.4, -0.2) is 26.2 Å². The molecule has 0 radical (unpaired) electrons. The predicted molar refractivity (Wildman–Crippen MR) is 124 cm³/mol. The molecule has 0 heterocycles. The van der Waals surface area contributed by atoms with Crippen molar-refractivity contribution in [3.63, 3.8) is 0 Å². The Bertz CT molecular complexity index is 1260. The van der Waals surface area contributed by atoms with Crippen LogP contribution in [0.15, 0.2) is 76.7 Å². The minimum atomic E-state index is -4.06. The summed E-state index contributed by atoms with van der Waals surface area (Å²) in [5, 5.41) is 16.3. The monoisotopic (exact) mass is 474 g/mol. The molecule has 0 aliphatic heterocycles. The second-order valence-electron chi connectivity index (χ2n) is 6.59. The Hall–Kier alpha value is -3.63. The highest BCUT2D eigenvalue weighted by Crippen LogP contribution is 2.29. The van der Waals surface area contributed by atoms with Crippen molar-refractivity contribution < 1.29 is 18.1 Å². The van der Waals surface area contributed by atoms with Gasteiger partial charge in [-0.05, 0) is 61.0 Å². The van der Waals surface area contributed by atoms with Crippen molar-refractivity contribution in [1.29, 1.82) is 0 Å². The lowest BCUT2D eigenvalue weighted by molar-refractivity contribution is -0.384. The summed E-state index contributed by atoms with van der Waals surface area (Å²) < 4.78 is 32.8. The van der Waals surface area contributed by atoms with E-state index in [0.717, 1.165) is 11.6 Å². The number of hydrogen-bond acceptors (Lipinski definition) is 7. The molecule has 0 fully saturated rings. The molecule has 0 aliphatic carbocycles. The minimum Gasteiger partial charge on any atom is -0.497 e. The number of methoxy groups -OCH3 is 1. The van der Waals surface area contributed by atoms with Gasteiger partial charge in [0.15, 0.2) is 0 Å². The molecule has 0 amide bonds. The van der Waals surface area contributed by atoms with Gasteiger partial charge in [0, 0.05) is 16.8 Å². The van der Waals surface area contributed by atoms with Gasteiger partial charge < -0.3 is 4.74 Å². The Balaban J connectivity index is 1.85. The lowest BCUT2D eigenvalue weighted by Gasteiger charge is -2.10. The number of benzene rings is 3. The molecule has 0 unspecified atom stereocenters. The maximum atomic E-state index is 12.7. The third-order valence-electron chi connectivity index (χ3n) is 4.42. The van der Waals surface area contributed by atoms with Crippen molar-refractivity contribution in [3.8, 4) is 5.75 Å². The van der Waals surface area contributed by atoms with Gasteiger partial charge >= 0.3 is 0 Å². The highest BCUT2D eigenvalue weighted by molar-refractivity contribution is 7.92. The molecule has 0 aliphatic rings. The summed E-state index contributed by atoms with van der Waals surface area (Å²) in [4.78, 5) is 10.6. The summed E-state index contributed by atoms with van der Waals surface area (Å²) in [5.74, 6) is 0.563. The molecule has 0 aromatic heterocycles. The van der Waals surface area contributed by atoms with E-state index in [1.165, 1.54) is 31.4 Å². The number of nitrogens with one attached hydrogen (secondary N) is 2. The van der Waals surface area contributed by atoms with Crippen molar-refractivity contribution in [2.24, 2.45) is 5.10 Å². The summed E-state index contributed by atoms with van der Waals surface area (Å²) in [7, 11) is -2.56. The van der Waals surface area contributed by atoms with Gasteiger partial charge in [-0.2, -0.15) is 5.10 Å². The standard InChI is InChI=1S/C21H19ClN4O5S/c1-14(15-3-5-16(22)6-4-15)23-24-20-12-11-19(13-21(20)26(27)28)32(29,30)25-17-7-9-18(31-2)10-8-17/h3-13,24-25H,1-2H3/b23-14+. The molecule has 3 rings (SSSR count). The topological polar surface area (TPSA) is 123 Å². The predicted octanol–water partition coefficient (Wildman–Crippen LogP) is 4.89. The SMILES string of the molecule is COc1ccc(NS(=O)(=O)c2ccc(N/N=C(\C)c3ccc(Cl)cc3)c([N+](=O)[O-])c2)cc1. The third-order valence-corrected chi connectivity index (χ3v) is 6.06. The molecule has 3 aromatic carbocycles. The molecule has 2 N–H and O–H groups in total. The molecule has 11 heteroatoms. The average molecular weight is 475 g/mol. The molecule has 3 aromatic rings. The molecule has 0 saturated heterocycles. The van der Waals surface area contributed by atoms with Crippen LogP contribution in [0.25, 0.3) is 0 Å². The zero-order valence-electron chi connectivity index (χ0n) is 17.1. The van der Waals surface area contributed by atoms with Crippen molar-refractivity contribution >= 4 is 44.4 Å². The summed E-state index contributed by atoms with van der Waals surface area (Å²) in [6, 6.07) is 16.7. The van der Waals surface area contributed by atoms with Crippen LogP contribution in [0.5, 0.6) is 5.75 Å². The van der Waals surface area contributed by atoms with E-state index >= 15 is 0 Å². The maximum Gasteiger partial charge on any atom is 0.295 e. The van der Waals surface area contributed by atoms with E-state index in [-0.39, 0.29) is 10.6 Å². The maximum absolute atomic E-state index is 12.7. The lowest BCUT2D eigenvalue weighted by atomic mass is 10.1. The summed E-state index contributed by atoms with van der Waals surface area (Å²) in [6.07, 6.45) is 0. The van der Waals surface area contributed by atoms with Gasteiger partial charge in [-0.15, -0.1) is 0 Å². The lowest BCUT2D eigenvalue weighted by Crippen LogP contribution is -2.13. The first kappa shape index (κ1) is 23.0.